The number of pyridine rings is 1. The first kappa shape index (κ1) is 10.5. The van der Waals surface area contributed by atoms with Crippen molar-refractivity contribution in [2.45, 2.75) is 26.8 Å². The van der Waals surface area contributed by atoms with Gasteiger partial charge in [0.2, 0.25) is 0 Å². The van der Waals surface area contributed by atoms with Gasteiger partial charge in [-0.05, 0) is 38.5 Å². The molecule has 0 fully saturated rings. The lowest BCUT2D eigenvalue weighted by Gasteiger charge is -2.09. The first-order valence-corrected chi connectivity index (χ1v) is 4.58. The second kappa shape index (κ2) is 4.60. The van der Waals surface area contributed by atoms with E-state index < -0.39 is 0 Å². The molecule has 2 amide bonds. The average Bonchev–Trinajstić information content (AvgIpc) is 2.01. The van der Waals surface area contributed by atoms with Gasteiger partial charge < -0.3 is 5.32 Å². The summed E-state index contributed by atoms with van der Waals surface area (Å²) in [5.41, 5.74) is 1.07. The fraction of sp³-hybridized carbons (Fsp3) is 0.400. The highest BCUT2D eigenvalue weighted by atomic mass is 16.2. The van der Waals surface area contributed by atoms with E-state index in [9.17, 15) is 4.79 Å². The zero-order valence-electron chi connectivity index (χ0n) is 8.66. The SMILES string of the molecule is Cc1ccnc(NC(=O)NC(C)C)c1. The van der Waals surface area contributed by atoms with Crippen LogP contribution in [0.15, 0.2) is 18.3 Å². The van der Waals surface area contributed by atoms with Crippen LogP contribution in [0, 0.1) is 6.92 Å². The van der Waals surface area contributed by atoms with Gasteiger partial charge >= 0.3 is 6.03 Å². The van der Waals surface area contributed by atoms with Crippen molar-refractivity contribution < 1.29 is 4.79 Å². The standard InChI is InChI=1S/C10H15N3O/c1-7(2)12-10(14)13-9-6-8(3)4-5-11-9/h4-7H,1-3H3,(H2,11,12,13,14). The highest BCUT2D eigenvalue weighted by molar-refractivity contribution is 5.88. The fourth-order valence-corrected chi connectivity index (χ4v) is 1.02. The summed E-state index contributed by atoms with van der Waals surface area (Å²) in [4.78, 5) is 15.3. The number of nitrogens with one attached hydrogen (secondary N) is 2. The van der Waals surface area contributed by atoms with Gasteiger partial charge in [0.1, 0.15) is 5.82 Å². The third-order valence-corrected chi connectivity index (χ3v) is 1.58. The minimum absolute atomic E-state index is 0.125. The molecule has 14 heavy (non-hydrogen) atoms. The Bertz CT molecular complexity index is 323. The van der Waals surface area contributed by atoms with Crippen LogP contribution in [0.4, 0.5) is 10.6 Å². The number of rotatable bonds is 2. The maximum Gasteiger partial charge on any atom is 0.320 e. The van der Waals surface area contributed by atoms with Crippen LogP contribution in [0.2, 0.25) is 0 Å². The van der Waals surface area contributed by atoms with Crippen LogP contribution in [0.1, 0.15) is 19.4 Å². The predicted octanol–water partition coefficient (Wildman–Crippen LogP) is 1.92. The van der Waals surface area contributed by atoms with E-state index in [1.165, 1.54) is 0 Å². The van der Waals surface area contributed by atoms with Crippen molar-refractivity contribution in [3.63, 3.8) is 0 Å². The van der Waals surface area contributed by atoms with Crippen molar-refractivity contribution in [1.29, 1.82) is 0 Å². The van der Waals surface area contributed by atoms with Crippen LogP contribution in [0.3, 0.4) is 0 Å². The van der Waals surface area contributed by atoms with Gasteiger partial charge in [0.25, 0.3) is 0 Å². The number of aryl methyl sites for hydroxylation is 1. The second-order valence-electron chi connectivity index (χ2n) is 3.47. The summed E-state index contributed by atoms with van der Waals surface area (Å²) in [6, 6.07) is 3.60. The molecule has 1 aromatic rings. The van der Waals surface area contributed by atoms with E-state index in [1.54, 1.807) is 6.20 Å². The molecular weight excluding hydrogens is 178 g/mol. The molecule has 1 aromatic heterocycles. The number of anilines is 1. The molecule has 4 nitrogen and oxygen atoms in total. The third-order valence-electron chi connectivity index (χ3n) is 1.58. The molecule has 0 aliphatic heterocycles. The smallest absolute Gasteiger partial charge is 0.320 e. The van der Waals surface area contributed by atoms with Crippen molar-refractivity contribution in [2.24, 2.45) is 0 Å². The van der Waals surface area contributed by atoms with Gasteiger partial charge in [-0.3, -0.25) is 5.32 Å². The number of carbonyl (C=O) groups excluding carboxylic acids is 1. The lowest BCUT2D eigenvalue weighted by molar-refractivity contribution is 0.250. The van der Waals surface area contributed by atoms with E-state index >= 15 is 0 Å². The summed E-state index contributed by atoms with van der Waals surface area (Å²) in [5, 5.41) is 5.37. The molecule has 0 bridgehead atoms. The van der Waals surface area contributed by atoms with E-state index in [0.717, 1.165) is 5.56 Å². The highest BCUT2D eigenvalue weighted by Crippen LogP contribution is 2.04. The molecule has 4 heteroatoms. The van der Waals surface area contributed by atoms with E-state index in [2.05, 4.69) is 15.6 Å². The average molecular weight is 193 g/mol. The van der Waals surface area contributed by atoms with Crippen molar-refractivity contribution in [3.8, 4) is 0 Å². The Hall–Kier alpha value is -1.58. The van der Waals surface area contributed by atoms with Crippen LogP contribution in [0.25, 0.3) is 0 Å². The molecule has 1 rings (SSSR count). The first-order chi connectivity index (χ1) is 6.58. The van der Waals surface area contributed by atoms with Gasteiger partial charge in [0.15, 0.2) is 0 Å². The summed E-state index contributed by atoms with van der Waals surface area (Å²) in [7, 11) is 0. The molecule has 0 aliphatic carbocycles. The van der Waals surface area contributed by atoms with Crippen molar-refractivity contribution in [3.05, 3.63) is 23.9 Å². The van der Waals surface area contributed by atoms with Gasteiger partial charge in [0.05, 0.1) is 0 Å². The van der Waals surface area contributed by atoms with Crippen LogP contribution >= 0.6 is 0 Å². The molecule has 76 valence electrons. The zero-order chi connectivity index (χ0) is 10.6. The van der Waals surface area contributed by atoms with Gasteiger partial charge in [-0.15, -0.1) is 0 Å². The summed E-state index contributed by atoms with van der Waals surface area (Å²) in [6.45, 7) is 5.76. The summed E-state index contributed by atoms with van der Waals surface area (Å²) < 4.78 is 0. The summed E-state index contributed by atoms with van der Waals surface area (Å²) in [5.74, 6) is 0.572. The quantitative estimate of drug-likeness (QED) is 0.754. The van der Waals surface area contributed by atoms with Crippen molar-refractivity contribution in [1.82, 2.24) is 10.3 Å². The Balaban J connectivity index is 2.56. The minimum atomic E-state index is -0.224. The number of hydrogen-bond donors (Lipinski definition) is 2. The van der Waals surface area contributed by atoms with Crippen LogP contribution in [-0.2, 0) is 0 Å². The van der Waals surface area contributed by atoms with E-state index in [4.69, 9.17) is 0 Å². The first-order valence-electron chi connectivity index (χ1n) is 4.58. The molecule has 0 saturated heterocycles. The number of nitrogens with zero attached hydrogens (tertiary/aromatic N) is 1. The molecule has 0 saturated carbocycles. The summed E-state index contributed by atoms with van der Waals surface area (Å²) in [6.07, 6.45) is 1.67. The Morgan fingerprint density at radius 3 is 2.79 bits per heavy atom. The van der Waals surface area contributed by atoms with Crippen LogP contribution in [-0.4, -0.2) is 17.1 Å². The molecular formula is C10H15N3O. The Kier molecular flexibility index (Phi) is 3.45. The van der Waals surface area contributed by atoms with E-state index in [0.29, 0.717) is 5.82 Å². The van der Waals surface area contributed by atoms with Gasteiger partial charge in [0, 0.05) is 12.2 Å². The molecule has 1 heterocycles. The lowest BCUT2D eigenvalue weighted by Crippen LogP contribution is -2.34. The van der Waals surface area contributed by atoms with Crippen molar-refractivity contribution in [2.75, 3.05) is 5.32 Å². The molecule has 0 atom stereocenters. The van der Waals surface area contributed by atoms with Gasteiger partial charge in [-0.1, -0.05) is 0 Å². The molecule has 0 radical (unpaired) electrons. The Labute approximate surface area is 83.7 Å². The maximum absolute atomic E-state index is 11.3. The number of carbonyl (C=O) groups is 1. The third kappa shape index (κ3) is 3.43. The lowest BCUT2D eigenvalue weighted by atomic mass is 10.3. The van der Waals surface area contributed by atoms with E-state index in [-0.39, 0.29) is 12.1 Å². The van der Waals surface area contributed by atoms with Crippen LogP contribution < -0.4 is 10.6 Å². The van der Waals surface area contributed by atoms with E-state index in [1.807, 2.05) is 32.9 Å². The normalized spacial score (nSPS) is 10.0. The Morgan fingerprint density at radius 1 is 1.50 bits per heavy atom. The monoisotopic (exact) mass is 193 g/mol. The molecule has 2 N–H and O–H groups in total. The largest absolute Gasteiger partial charge is 0.336 e. The number of urea groups is 1. The topological polar surface area (TPSA) is 54.0 Å². The maximum atomic E-state index is 11.3. The zero-order valence-corrected chi connectivity index (χ0v) is 8.66. The van der Waals surface area contributed by atoms with Gasteiger partial charge in [-0.25, -0.2) is 9.78 Å². The minimum Gasteiger partial charge on any atom is -0.336 e. The predicted molar refractivity (Wildman–Crippen MR) is 56.3 cm³/mol. The molecule has 0 aromatic carbocycles. The highest BCUT2D eigenvalue weighted by Gasteiger charge is 2.03. The Morgan fingerprint density at radius 2 is 2.21 bits per heavy atom. The molecule has 0 aliphatic rings. The van der Waals surface area contributed by atoms with Crippen molar-refractivity contribution >= 4 is 11.8 Å². The number of aromatic nitrogens is 1. The summed E-state index contributed by atoms with van der Waals surface area (Å²) >= 11 is 0. The fourth-order valence-electron chi connectivity index (χ4n) is 1.02. The number of amides is 2. The molecule has 0 unspecified atom stereocenters. The van der Waals surface area contributed by atoms with Gasteiger partial charge in [-0.2, -0.15) is 0 Å². The van der Waals surface area contributed by atoms with Crippen LogP contribution in [0.5, 0.6) is 0 Å². The number of hydrogen-bond acceptors (Lipinski definition) is 2. The molecule has 0 spiro atoms. The second-order valence-corrected chi connectivity index (χ2v) is 3.47.